The van der Waals surface area contributed by atoms with E-state index in [1.54, 1.807) is 0 Å². The van der Waals surface area contributed by atoms with Gasteiger partial charge >= 0.3 is 0 Å². The van der Waals surface area contributed by atoms with Crippen LogP contribution >= 0.6 is 0 Å². The number of azo groups is 1. The van der Waals surface area contributed by atoms with Crippen molar-refractivity contribution in [1.82, 2.24) is 0 Å². The van der Waals surface area contributed by atoms with Crippen LogP contribution in [0.5, 0.6) is 0 Å². The third kappa shape index (κ3) is 3.08. The van der Waals surface area contributed by atoms with E-state index in [4.69, 9.17) is 0 Å². The number of rotatable bonds is 3. The zero-order valence-corrected chi connectivity index (χ0v) is 9.67. The summed E-state index contributed by atoms with van der Waals surface area (Å²) >= 11 is 0. The summed E-state index contributed by atoms with van der Waals surface area (Å²) in [5.41, 5.74) is 3.70. The molecule has 0 amide bonds. The van der Waals surface area contributed by atoms with Crippen molar-refractivity contribution in [3.05, 3.63) is 54.1 Å². The number of hydrogen-bond acceptors (Lipinski definition) is 3. The Bertz CT molecular complexity index is 524. The summed E-state index contributed by atoms with van der Waals surface area (Å²) < 4.78 is 0. The molecule has 0 N–H and O–H groups in total. The first-order valence-electron chi connectivity index (χ1n) is 5.33. The molecular weight excluding hydrogens is 210 g/mol. The second-order valence-corrected chi connectivity index (χ2v) is 3.71. The summed E-state index contributed by atoms with van der Waals surface area (Å²) in [5.74, 6) is 0. The molecule has 17 heavy (non-hydrogen) atoms. The summed E-state index contributed by atoms with van der Waals surface area (Å²) in [4.78, 5) is 3.82. The first-order valence-corrected chi connectivity index (χ1v) is 5.33. The van der Waals surface area contributed by atoms with Crippen LogP contribution in [-0.4, -0.2) is 6.72 Å². The van der Waals surface area contributed by atoms with Gasteiger partial charge in [-0.3, -0.25) is 4.99 Å². The highest BCUT2D eigenvalue weighted by Crippen LogP contribution is 2.21. The molecule has 0 atom stereocenters. The van der Waals surface area contributed by atoms with Crippen LogP contribution in [0, 0.1) is 6.92 Å². The monoisotopic (exact) mass is 223 g/mol. The van der Waals surface area contributed by atoms with Crippen LogP contribution in [-0.2, 0) is 0 Å². The predicted molar refractivity (Wildman–Crippen MR) is 71.0 cm³/mol. The maximum atomic E-state index is 4.15. The van der Waals surface area contributed by atoms with Gasteiger partial charge in [-0.2, -0.15) is 10.2 Å². The molecule has 0 bridgehead atoms. The summed E-state index contributed by atoms with van der Waals surface area (Å²) in [6, 6.07) is 15.4. The molecular formula is C14H13N3. The van der Waals surface area contributed by atoms with Crippen molar-refractivity contribution in [2.45, 2.75) is 6.92 Å². The molecule has 2 aromatic rings. The second kappa shape index (κ2) is 5.16. The summed E-state index contributed by atoms with van der Waals surface area (Å²) in [6.45, 7) is 5.50. The van der Waals surface area contributed by atoms with E-state index in [-0.39, 0.29) is 0 Å². The van der Waals surface area contributed by atoms with E-state index in [2.05, 4.69) is 21.9 Å². The van der Waals surface area contributed by atoms with Crippen LogP contribution in [0.3, 0.4) is 0 Å². The summed E-state index contributed by atoms with van der Waals surface area (Å²) in [7, 11) is 0. The fourth-order valence-electron chi connectivity index (χ4n) is 1.35. The zero-order chi connectivity index (χ0) is 12.1. The summed E-state index contributed by atoms with van der Waals surface area (Å²) in [6.07, 6.45) is 0. The van der Waals surface area contributed by atoms with Crippen molar-refractivity contribution in [3.63, 3.8) is 0 Å². The van der Waals surface area contributed by atoms with Crippen molar-refractivity contribution in [2.75, 3.05) is 0 Å². The average molecular weight is 223 g/mol. The van der Waals surface area contributed by atoms with E-state index in [0.717, 1.165) is 17.1 Å². The lowest BCUT2D eigenvalue weighted by atomic mass is 10.2. The smallest absolute Gasteiger partial charge is 0.0858 e. The van der Waals surface area contributed by atoms with Gasteiger partial charge in [-0.15, -0.1) is 0 Å². The van der Waals surface area contributed by atoms with Crippen molar-refractivity contribution < 1.29 is 0 Å². The van der Waals surface area contributed by atoms with Gasteiger partial charge in [-0.1, -0.05) is 17.7 Å². The van der Waals surface area contributed by atoms with Crippen molar-refractivity contribution >= 4 is 23.8 Å². The maximum Gasteiger partial charge on any atom is 0.0858 e. The third-order valence-corrected chi connectivity index (χ3v) is 2.35. The van der Waals surface area contributed by atoms with E-state index in [0.29, 0.717) is 0 Å². The highest BCUT2D eigenvalue weighted by atomic mass is 15.1. The quantitative estimate of drug-likeness (QED) is 0.532. The Labute approximate surface area is 101 Å². The Morgan fingerprint density at radius 3 is 1.59 bits per heavy atom. The number of nitrogens with zero attached hydrogens (tertiary/aromatic N) is 3. The van der Waals surface area contributed by atoms with Gasteiger partial charge in [0, 0.05) is 0 Å². The lowest BCUT2D eigenvalue weighted by molar-refractivity contribution is 1.23. The van der Waals surface area contributed by atoms with E-state index in [1.165, 1.54) is 5.56 Å². The van der Waals surface area contributed by atoms with Gasteiger partial charge in [-0.05, 0) is 50.0 Å². The molecule has 0 heterocycles. The number of hydrogen-bond donors (Lipinski definition) is 0. The Kier molecular flexibility index (Phi) is 3.40. The molecule has 2 aromatic carbocycles. The van der Waals surface area contributed by atoms with Gasteiger partial charge in [0.2, 0.25) is 0 Å². The molecule has 0 saturated heterocycles. The molecule has 0 fully saturated rings. The summed E-state index contributed by atoms with van der Waals surface area (Å²) in [5, 5.41) is 8.30. The Morgan fingerprint density at radius 2 is 1.12 bits per heavy atom. The van der Waals surface area contributed by atoms with Crippen molar-refractivity contribution in [3.8, 4) is 0 Å². The number of benzene rings is 2. The predicted octanol–water partition coefficient (Wildman–Crippen LogP) is 4.74. The second-order valence-electron chi connectivity index (χ2n) is 3.71. The molecule has 84 valence electrons. The first-order chi connectivity index (χ1) is 8.28. The largest absolute Gasteiger partial charge is 0.265 e. The third-order valence-electron chi connectivity index (χ3n) is 2.35. The lowest BCUT2D eigenvalue weighted by Crippen LogP contribution is -1.68. The SMILES string of the molecule is C=Nc1ccc(N=Nc2ccc(C)cc2)cc1. The van der Waals surface area contributed by atoms with Crippen molar-refractivity contribution in [1.29, 1.82) is 0 Å². The lowest BCUT2D eigenvalue weighted by Gasteiger charge is -1.95. The highest BCUT2D eigenvalue weighted by Gasteiger charge is 1.91. The normalized spacial score (nSPS) is 10.6. The molecule has 0 aliphatic heterocycles. The molecule has 0 aromatic heterocycles. The minimum absolute atomic E-state index is 0.804. The minimum Gasteiger partial charge on any atom is -0.265 e. The van der Waals surface area contributed by atoms with Gasteiger partial charge in [0.15, 0.2) is 0 Å². The van der Waals surface area contributed by atoms with Gasteiger partial charge in [0.1, 0.15) is 0 Å². The molecule has 0 aliphatic carbocycles. The molecule has 3 heteroatoms. The molecule has 3 nitrogen and oxygen atoms in total. The van der Waals surface area contributed by atoms with Crippen LogP contribution in [0.25, 0.3) is 0 Å². The molecule has 0 unspecified atom stereocenters. The van der Waals surface area contributed by atoms with Crippen LogP contribution in [0.15, 0.2) is 63.8 Å². The first kappa shape index (κ1) is 11.2. The maximum absolute atomic E-state index is 4.15. The fraction of sp³-hybridized carbons (Fsp3) is 0.0714. The Hall–Kier alpha value is -2.29. The molecule has 2 rings (SSSR count). The average Bonchev–Trinajstić information content (AvgIpc) is 2.39. The van der Waals surface area contributed by atoms with Crippen LogP contribution < -0.4 is 0 Å². The molecule has 0 aliphatic rings. The fourth-order valence-corrected chi connectivity index (χ4v) is 1.35. The topological polar surface area (TPSA) is 37.1 Å². The van der Waals surface area contributed by atoms with Crippen LogP contribution in [0.2, 0.25) is 0 Å². The van der Waals surface area contributed by atoms with Gasteiger partial charge < -0.3 is 0 Å². The van der Waals surface area contributed by atoms with Crippen molar-refractivity contribution in [2.24, 2.45) is 15.2 Å². The van der Waals surface area contributed by atoms with Crippen LogP contribution in [0.4, 0.5) is 17.1 Å². The van der Waals surface area contributed by atoms with Gasteiger partial charge in [-0.25, -0.2) is 0 Å². The van der Waals surface area contributed by atoms with E-state index in [1.807, 2.05) is 55.5 Å². The number of aryl methyl sites for hydroxylation is 1. The minimum atomic E-state index is 0.804. The molecule has 0 saturated carbocycles. The van der Waals surface area contributed by atoms with Crippen LogP contribution in [0.1, 0.15) is 5.56 Å². The van der Waals surface area contributed by atoms with Gasteiger partial charge in [0.05, 0.1) is 17.1 Å². The number of aliphatic imine (C=N–C) groups is 1. The molecule has 0 spiro atoms. The molecule has 0 radical (unpaired) electrons. The zero-order valence-electron chi connectivity index (χ0n) is 9.67. The van der Waals surface area contributed by atoms with E-state index < -0.39 is 0 Å². The van der Waals surface area contributed by atoms with E-state index in [9.17, 15) is 0 Å². The Balaban J connectivity index is 2.14. The van der Waals surface area contributed by atoms with Gasteiger partial charge in [0.25, 0.3) is 0 Å². The Morgan fingerprint density at radius 1 is 0.706 bits per heavy atom. The standard InChI is InChI=1S/C14H13N3/c1-11-3-5-13(6-4-11)16-17-14-9-7-12(15-2)8-10-14/h3-10H,2H2,1H3. The highest BCUT2D eigenvalue weighted by molar-refractivity contribution is 5.51. The van der Waals surface area contributed by atoms with E-state index >= 15 is 0 Å².